The fourth-order valence-electron chi connectivity index (χ4n) is 8.09. The Hall–Kier alpha value is 0. The first-order valence-electron chi connectivity index (χ1n) is 10.8. The molecule has 4 saturated carbocycles. The van der Waals surface area contributed by atoms with Crippen LogP contribution in [0.15, 0.2) is 0 Å². The standard InChI is InChI=1S/C22H38/c1-4-6-8-10-17-14(3)18-13-20(17)22-19-12-16(21(18)22)11-15(19)9-7-5-2/h14-22H,4-13H2,1-3H3. The molecule has 126 valence electrons. The van der Waals surface area contributed by atoms with Crippen LogP contribution in [-0.4, -0.2) is 0 Å². The fourth-order valence-corrected chi connectivity index (χ4v) is 8.09. The van der Waals surface area contributed by atoms with Gasteiger partial charge in [0, 0.05) is 0 Å². The maximum atomic E-state index is 2.64. The summed E-state index contributed by atoms with van der Waals surface area (Å²) in [6, 6.07) is 0. The summed E-state index contributed by atoms with van der Waals surface area (Å²) in [5, 5.41) is 0. The quantitative estimate of drug-likeness (QED) is 0.369. The van der Waals surface area contributed by atoms with Gasteiger partial charge in [-0.2, -0.15) is 0 Å². The van der Waals surface area contributed by atoms with Crippen LogP contribution >= 0.6 is 0 Å². The van der Waals surface area contributed by atoms with Crippen molar-refractivity contribution in [2.45, 2.75) is 85.0 Å². The smallest absolute Gasteiger partial charge is 0.0318 e. The molecule has 0 aromatic heterocycles. The van der Waals surface area contributed by atoms with Gasteiger partial charge in [0.25, 0.3) is 0 Å². The Labute approximate surface area is 138 Å². The summed E-state index contributed by atoms with van der Waals surface area (Å²) >= 11 is 0. The lowest BCUT2D eigenvalue weighted by atomic mass is 9.60. The molecule has 0 N–H and O–H groups in total. The van der Waals surface area contributed by atoms with Crippen molar-refractivity contribution in [2.75, 3.05) is 0 Å². The highest BCUT2D eigenvalue weighted by Crippen LogP contribution is 2.72. The van der Waals surface area contributed by atoms with Crippen molar-refractivity contribution in [3.63, 3.8) is 0 Å². The van der Waals surface area contributed by atoms with E-state index in [1.54, 1.807) is 32.1 Å². The molecule has 0 nitrogen and oxygen atoms in total. The van der Waals surface area contributed by atoms with E-state index in [0.717, 1.165) is 41.4 Å². The van der Waals surface area contributed by atoms with Crippen LogP contribution < -0.4 is 0 Å². The van der Waals surface area contributed by atoms with Crippen molar-refractivity contribution >= 4 is 0 Å². The molecule has 0 aliphatic heterocycles. The van der Waals surface area contributed by atoms with Crippen LogP contribution in [0.4, 0.5) is 0 Å². The molecule has 9 unspecified atom stereocenters. The van der Waals surface area contributed by atoms with Crippen molar-refractivity contribution < 1.29 is 0 Å². The highest BCUT2D eigenvalue weighted by molar-refractivity contribution is 5.14. The van der Waals surface area contributed by atoms with Crippen molar-refractivity contribution in [3.05, 3.63) is 0 Å². The van der Waals surface area contributed by atoms with E-state index in [1.807, 2.05) is 0 Å². The zero-order chi connectivity index (χ0) is 15.3. The summed E-state index contributed by atoms with van der Waals surface area (Å²) in [6.07, 6.45) is 15.3. The van der Waals surface area contributed by atoms with E-state index >= 15 is 0 Å². The van der Waals surface area contributed by atoms with Gasteiger partial charge in [0.05, 0.1) is 0 Å². The zero-order valence-corrected chi connectivity index (χ0v) is 15.3. The minimum atomic E-state index is 1.07. The van der Waals surface area contributed by atoms with Gasteiger partial charge in [0.15, 0.2) is 0 Å². The topological polar surface area (TPSA) is 0 Å². The molecule has 4 aliphatic carbocycles. The van der Waals surface area contributed by atoms with Gasteiger partial charge < -0.3 is 0 Å². The van der Waals surface area contributed by atoms with Gasteiger partial charge in [0.1, 0.15) is 0 Å². The van der Waals surface area contributed by atoms with E-state index in [1.165, 1.54) is 43.9 Å². The predicted molar refractivity (Wildman–Crippen MR) is 94.6 cm³/mol. The van der Waals surface area contributed by atoms with Crippen LogP contribution in [0.3, 0.4) is 0 Å². The third kappa shape index (κ3) is 2.22. The monoisotopic (exact) mass is 302 g/mol. The molecule has 0 heteroatoms. The lowest BCUT2D eigenvalue weighted by molar-refractivity contribution is 0.0335. The maximum absolute atomic E-state index is 2.64. The maximum Gasteiger partial charge on any atom is -0.0318 e. The Morgan fingerprint density at radius 1 is 0.727 bits per heavy atom. The van der Waals surface area contributed by atoms with Crippen LogP contribution in [0.1, 0.15) is 85.0 Å². The van der Waals surface area contributed by atoms with Crippen molar-refractivity contribution in [3.8, 4) is 0 Å². The highest BCUT2D eigenvalue weighted by Gasteiger charge is 2.65. The van der Waals surface area contributed by atoms with Crippen molar-refractivity contribution in [1.29, 1.82) is 0 Å². The molecule has 4 rings (SSSR count). The predicted octanol–water partition coefficient (Wildman–Crippen LogP) is 6.55. The second-order valence-corrected chi connectivity index (χ2v) is 9.53. The number of hydrogen-bond donors (Lipinski definition) is 0. The van der Waals surface area contributed by atoms with Crippen molar-refractivity contribution in [1.82, 2.24) is 0 Å². The van der Waals surface area contributed by atoms with Gasteiger partial charge in [-0.1, -0.05) is 59.3 Å². The second-order valence-electron chi connectivity index (χ2n) is 9.53. The van der Waals surface area contributed by atoms with Gasteiger partial charge in [0.2, 0.25) is 0 Å². The Balaban J connectivity index is 1.45. The molecule has 22 heavy (non-hydrogen) atoms. The van der Waals surface area contributed by atoms with E-state index < -0.39 is 0 Å². The Morgan fingerprint density at radius 3 is 2.32 bits per heavy atom. The van der Waals surface area contributed by atoms with Crippen molar-refractivity contribution in [2.24, 2.45) is 53.3 Å². The molecule has 4 aliphatic rings. The van der Waals surface area contributed by atoms with Crippen LogP contribution in [0.2, 0.25) is 0 Å². The Kier molecular flexibility index (Phi) is 4.33. The summed E-state index contributed by atoms with van der Waals surface area (Å²) in [6.45, 7) is 7.37. The number of rotatable bonds is 7. The molecular weight excluding hydrogens is 264 g/mol. The van der Waals surface area contributed by atoms with E-state index in [2.05, 4.69) is 20.8 Å². The summed E-state index contributed by atoms with van der Waals surface area (Å²) in [5.74, 6) is 10.3. The number of unbranched alkanes of at least 4 members (excludes halogenated alkanes) is 3. The third-order valence-corrected chi connectivity index (χ3v) is 8.77. The van der Waals surface area contributed by atoms with Crippen LogP contribution in [0.5, 0.6) is 0 Å². The van der Waals surface area contributed by atoms with E-state index in [4.69, 9.17) is 0 Å². The van der Waals surface area contributed by atoms with E-state index in [9.17, 15) is 0 Å². The summed E-state index contributed by atoms with van der Waals surface area (Å²) < 4.78 is 0. The van der Waals surface area contributed by atoms with Crippen LogP contribution in [0.25, 0.3) is 0 Å². The zero-order valence-electron chi connectivity index (χ0n) is 15.3. The van der Waals surface area contributed by atoms with E-state index in [-0.39, 0.29) is 0 Å². The minimum absolute atomic E-state index is 1.07. The molecule has 0 radical (unpaired) electrons. The molecule has 0 amide bonds. The molecule has 9 atom stereocenters. The number of fused-ring (bicyclic) bond motifs is 9. The average molecular weight is 303 g/mol. The molecule has 4 bridgehead atoms. The normalized spacial score (nSPS) is 51.7. The van der Waals surface area contributed by atoms with Gasteiger partial charge in [-0.15, -0.1) is 0 Å². The Morgan fingerprint density at radius 2 is 1.55 bits per heavy atom. The lowest BCUT2D eigenvalue weighted by Gasteiger charge is -2.44. The van der Waals surface area contributed by atoms with Gasteiger partial charge in [-0.3, -0.25) is 0 Å². The molecule has 0 saturated heterocycles. The largest absolute Gasteiger partial charge is 0.0654 e. The van der Waals surface area contributed by atoms with E-state index in [0.29, 0.717) is 0 Å². The molecular formula is C22H38. The molecule has 0 spiro atoms. The molecule has 0 heterocycles. The summed E-state index contributed by atoms with van der Waals surface area (Å²) in [5.41, 5.74) is 0. The van der Waals surface area contributed by atoms with Crippen LogP contribution in [-0.2, 0) is 0 Å². The average Bonchev–Trinajstić information content (AvgIpc) is 3.23. The number of hydrogen-bond acceptors (Lipinski definition) is 0. The van der Waals surface area contributed by atoms with Crippen LogP contribution in [0, 0.1) is 53.3 Å². The first-order valence-corrected chi connectivity index (χ1v) is 10.8. The molecule has 0 aromatic carbocycles. The second kappa shape index (κ2) is 6.14. The van der Waals surface area contributed by atoms with Gasteiger partial charge >= 0.3 is 0 Å². The SMILES string of the molecule is CCCCCC1C(C)C2CC1C1C3CC(CC3CCCC)C21. The van der Waals surface area contributed by atoms with Gasteiger partial charge in [-0.05, 0) is 78.9 Å². The third-order valence-electron chi connectivity index (χ3n) is 8.77. The first-order chi connectivity index (χ1) is 10.8. The fraction of sp³-hybridized carbons (Fsp3) is 1.00. The molecule has 4 fully saturated rings. The highest BCUT2D eigenvalue weighted by atomic mass is 14.7. The Bertz CT molecular complexity index is 385. The molecule has 0 aromatic rings. The summed E-state index contributed by atoms with van der Waals surface area (Å²) in [7, 11) is 0. The first kappa shape index (κ1) is 15.5. The minimum Gasteiger partial charge on any atom is -0.0654 e. The summed E-state index contributed by atoms with van der Waals surface area (Å²) in [4.78, 5) is 0. The lowest BCUT2D eigenvalue weighted by Crippen LogP contribution is -2.39. The van der Waals surface area contributed by atoms with Gasteiger partial charge in [-0.25, -0.2) is 0 Å².